The topological polar surface area (TPSA) is 0 Å². The van der Waals surface area contributed by atoms with E-state index in [1.807, 2.05) is 6.92 Å². The maximum Gasteiger partial charge on any atom is 0.196 e. The molecule has 0 aliphatic heterocycles. The first-order valence-electron chi connectivity index (χ1n) is 2.43. The minimum atomic E-state index is -0.226. The molecule has 1 rings (SSSR count). The van der Waals surface area contributed by atoms with Gasteiger partial charge in [0.1, 0.15) is 0 Å². The van der Waals surface area contributed by atoms with E-state index in [-0.39, 0.29) is 49.6 Å². The van der Waals surface area contributed by atoms with E-state index < -0.39 is 0 Å². The van der Waals surface area contributed by atoms with Crippen molar-refractivity contribution in [2.75, 3.05) is 0 Å². The van der Waals surface area contributed by atoms with Gasteiger partial charge in [0.05, 0.1) is 0 Å². The molecule has 1 aliphatic rings. The Bertz CT molecular complexity index is 180. The summed E-state index contributed by atoms with van der Waals surface area (Å²) in [7, 11) is 0. The minimum absolute atomic E-state index is 0. The molecule has 10 heavy (non-hydrogen) atoms. The summed E-state index contributed by atoms with van der Waals surface area (Å²) < 4.78 is 12.1. The van der Waals surface area contributed by atoms with Gasteiger partial charge >= 0.3 is 0 Å². The second-order valence-corrected chi connectivity index (χ2v) is 1.69. The Hall–Kier alpha value is 0.543. The Labute approximate surface area is 90.0 Å². The second-order valence-electron chi connectivity index (χ2n) is 1.69. The van der Waals surface area contributed by atoms with Crippen molar-refractivity contribution in [1.82, 2.24) is 0 Å². The molecule has 0 aromatic rings. The Balaban J connectivity index is 0. The Morgan fingerprint density at radius 3 is 2.30 bits per heavy atom. The van der Waals surface area contributed by atoms with Crippen LogP contribution in [0, 0.1) is 6.17 Å². The van der Waals surface area contributed by atoms with E-state index in [1.54, 1.807) is 6.08 Å². The Morgan fingerprint density at radius 2 is 2.00 bits per heavy atom. The molecule has 0 heterocycles. The zero-order valence-corrected chi connectivity index (χ0v) is 10.8. The third-order valence-corrected chi connectivity index (χ3v) is 0.930. The number of halogens is 2. The van der Waals surface area contributed by atoms with Gasteiger partial charge in [0.25, 0.3) is 0 Å². The Morgan fingerprint density at radius 1 is 1.40 bits per heavy atom. The van der Waals surface area contributed by atoms with E-state index in [0.717, 1.165) is 5.57 Å². The van der Waals surface area contributed by atoms with E-state index in [2.05, 4.69) is 5.73 Å². The molecule has 0 spiro atoms. The fourth-order valence-corrected chi connectivity index (χ4v) is 0.484. The molecule has 0 saturated carbocycles. The molecule has 0 aromatic heterocycles. The maximum atomic E-state index is 12.1. The van der Waals surface area contributed by atoms with Crippen molar-refractivity contribution < 1.29 is 47.8 Å². The van der Waals surface area contributed by atoms with E-state index in [0.29, 0.717) is 0 Å². The van der Waals surface area contributed by atoms with Crippen LogP contribution in [0.3, 0.4) is 0 Å². The third-order valence-electron chi connectivity index (χ3n) is 0.930. The molecule has 1 aliphatic carbocycles. The van der Waals surface area contributed by atoms with Crippen LogP contribution in [0.25, 0.3) is 0 Å². The van der Waals surface area contributed by atoms with Gasteiger partial charge < -0.3 is 24.0 Å². The van der Waals surface area contributed by atoms with Crippen LogP contribution >= 0.6 is 0 Å². The van der Waals surface area contributed by atoms with Gasteiger partial charge in [0.2, 0.25) is 0 Å². The number of hydrogen-bond donors (Lipinski definition) is 0. The van der Waals surface area contributed by atoms with Crippen LogP contribution < -0.4 is 24.0 Å². The van der Waals surface area contributed by atoms with E-state index in [4.69, 9.17) is 0 Å². The molecule has 0 bridgehead atoms. The molecule has 0 nitrogen and oxygen atoms in total. The minimum Gasteiger partial charge on any atom is -1.00 e. The summed E-state index contributed by atoms with van der Waals surface area (Å²) in [5, 5.41) is 0. The SMILES string of the molecule is CC1=C=C[C](F)C=C1.[I-].[Zn]. The maximum absolute atomic E-state index is 12.1. The van der Waals surface area contributed by atoms with Gasteiger partial charge in [-0.05, 0) is 18.6 Å². The summed E-state index contributed by atoms with van der Waals surface area (Å²) in [6, 6.07) is 0. The van der Waals surface area contributed by atoms with Crippen molar-refractivity contribution >= 4 is 0 Å². The molecular formula is C7H6FIZn-. The van der Waals surface area contributed by atoms with Crippen molar-refractivity contribution in [2.24, 2.45) is 0 Å². The molecule has 0 amide bonds. The monoisotopic (exact) mass is 300 g/mol. The van der Waals surface area contributed by atoms with Crippen molar-refractivity contribution in [3.8, 4) is 0 Å². The number of allylic oxidation sites excluding steroid dienone is 3. The van der Waals surface area contributed by atoms with Crippen molar-refractivity contribution in [2.45, 2.75) is 6.92 Å². The molecule has 0 atom stereocenters. The predicted molar refractivity (Wildman–Crippen MR) is 30.8 cm³/mol. The van der Waals surface area contributed by atoms with Gasteiger partial charge in [-0.2, -0.15) is 0 Å². The quantitative estimate of drug-likeness (QED) is 0.311. The van der Waals surface area contributed by atoms with Gasteiger partial charge in [-0.3, -0.25) is 0 Å². The summed E-state index contributed by atoms with van der Waals surface area (Å²) in [6.45, 7) is 1.87. The smallest absolute Gasteiger partial charge is 0.196 e. The van der Waals surface area contributed by atoms with Crippen molar-refractivity contribution in [1.29, 1.82) is 0 Å². The van der Waals surface area contributed by atoms with Gasteiger partial charge in [-0.1, -0.05) is 6.08 Å². The van der Waals surface area contributed by atoms with Gasteiger partial charge in [-0.15, -0.1) is 5.73 Å². The van der Waals surface area contributed by atoms with Gasteiger partial charge in [0.15, 0.2) is 6.17 Å². The van der Waals surface area contributed by atoms with Crippen molar-refractivity contribution in [3.05, 3.63) is 35.7 Å². The van der Waals surface area contributed by atoms with Crippen LogP contribution in [0.1, 0.15) is 6.92 Å². The first-order valence-corrected chi connectivity index (χ1v) is 2.43. The summed E-state index contributed by atoms with van der Waals surface area (Å²) in [6.07, 6.45) is 4.21. The molecular weight excluding hydrogens is 295 g/mol. The predicted octanol–water partition coefficient (Wildman–Crippen LogP) is -0.839. The third kappa shape index (κ3) is 4.37. The average Bonchev–Trinajstić information content (AvgIpc) is 1.77. The van der Waals surface area contributed by atoms with E-state index >= 15 is 0 Å². The molecule has 0 fully saturated rings. The zero-order chi connectivity index (χ0) is 5.98. The van der Waals surface area contributed by atoms with Crippen LogP contribution in [-0.4, -0.2) is 0 Å². The molecule has 51 valence electrons. The number of hydrogen-bond acceptors (Lipinski definition) is 0. The fourth-order valence-electron chi connectivity index (χ4n) is 0.484. The Kier molecular flexibility index (Phi) is 8.24. The van der Waals surface area contributed by atoms with Gasteiger partial charge in [0, 0.05) is 25.6 Å². The summed E-state index contributed by atoms with van der Waals surface area (Å²) in [5.41, 5.74) is 3.69. The molecule has 3 heteroatoms. The number of rotatable bonds is 0. The molecule has 0 aromatic carbocycles. The first kappa shape index (κ1) is 13.2. The largest absolute Gasteiger partial charge is 1.00 e. The van der Waals surface area contributed by atoms with E-state index in [9.17, 15) is 4.39 Å². The van der Waals surface area contributed by atoms with Crippen LogP contribution in [0.15, 0.2) is 29.5 Å². The van der Waals surface area contributed by atoms with Crippen LogP contribution in [0.4, 0.5) is 4.39 Å². The van der Waals surface area contributed by atoms with Gasteiger partial charge in [-0.25, -0.2) is 4.39 Å². The summed E-state index contributed by atoms with van der Waals surface area (Å²) >= 11 is 0. The zero-order valence-electron chi connectivity index (χ0n) is 5.70. The molecule has 1 radical (unpaired) electrons. The van der Waals surface area contributed by atoms with Crippen molar-refractivity contribution in [3.63, 3.8) is 0 Å². The van der Waals surface area contributed by atoms with Crippen LogP contribution in [-0.2, 0) is 19.5 Å². The molecule has 0 unspecified atom stereocenters. The average molecular weight is 301 g/mol. The molecule has 0 N–H and O–H groups in total. The fraction of sp³-hybridized carbons (Fsp3) is 0.143. The van der Waals surface area contributed by atoms with Crippen LogP contribution in [0.2, 0.25) is 0 Å². The first-order chi connectivity index (χ1) is 3.79. The summed E-state index contributed by atoms with van der Waals surface area (Å²) in [5.74, 6) is 0. The summed E-state index contributed by atoms with van der Waals surface area (Å²) in [4.78, 5) is 0. The standard InChI is InChI=1S/C7H6F.HI.Zn/c1-6-2-4-7(8)5-3-6;;/h2,4-5H,1H3;1H;/p-1. The second kappa shape index (κ2) is 6.27. The van der Waals surface area contributed by atoms with Crippen LogP contribution in [0.5, 0.6) is 0 Å². The normalized spacial score (nSPS) is 15.2. The molecule has 0 saturated heterocycles. The van der Waals surface area contributed by atoms with E-state index in [1.165, 1.54) is 12.2 Å².